The number of halogens is 2. The first-order valence-electron chi connectivity index (χ1n) is 8.11. The summed E-state index contributed by atoms with van der Waals surface area (Å²) in [5.41, 5.74) is -0.102. The zero-order valence-electron chi connectivity index (χ0n) is 15.4. The van der Waals surface area contributed by atoms with Crippen molar-refractivity contribution in [2.45, 2.75) is 24.8 Å². The maximum absolute atomic E-state index is 14.0. The van der Waals surface area contributed by atoms with Crippen molar-refractivity contribution >= 4 is 27.3 Å². The molecule has 0 saturated carbocycles. The zero-order valence-corrected chi connectivity index (χ0v) is 16.2. The number of sulfonamides is 1. The van der Waals surface area contributed by atoms with Gasteiger partial charge < -0.3 is 10.2 Å². The van der Waals surface area contributed by atoms with Crippen LogP contribution in [-0.4, -0.2) is 34.5 Å². The van der Waals surface area contributed by atoms with Crippen molar-refractivity contribution in [3.05, 3.63) is 53.6 Å². The Bertz CT molecular complexity index is 920. The maximum atomic E-state index is 14.0. The van der Waals surface area contributed by atoms with Crippen molar-refractivity contribution in [1.82, 2.24) is 4.72 Å². The number of rotatable bonds is 6. The van der Waals surface area contributed by atoms with Crippen LogP contribution in [0.4, 0.5) is 20.2 Å². The Morgan fingerprint density at radius 2 is 1.56 bits per heavy atom. The van der Waals surface area contributed by atoms with E-state index >= 15 is 0 Å². The first-order chi connectivity index (χ1) is 12.5. The third kappa shape index (κ3) is 5.01. The van der Waals surface area contributed by atoms with E-state index in [1.807, 2.05) is 0 Å². The van der Waals surface area contributed by atoms with E-state index in [4.69, 9.17) is 0 Å². The molecular weight excluding hydrogens is 376 g/mol. The van der Waals surface area contributed by atoms with Crippen LogP contribution in [0, 0.1) is 11.6 Å². The van der Waals surface area contributed by atoms with E-state index < -0.39 is 27.6 Å². The molecule has 0 aliphatic heterocycles. The predicted octanol–water partition coefficient (Wildman–Crippen LogP) is 2.97. The predicted molar refractivity (Wildman–Crippen MR) is 101 cm³/mol. The zero-order chi connectivity index (χ0) is 20.4. The van der Waals surface area contributed by atoms with Crippen molar-refractivity contribution in [1.29, 1.82) is 0 Å². The van der Waals surface area contributed by atoms with Crippen molar-refractivity contribution in [2.24, 2.45) is 0 Å². The molecule has 9 heteroatoms. The minimum Gasteiger partial charge on any atom is -0.373 e. The Kier molecular flexibility index (Phi) is 6.17. The van der Waals surface area contributed by atoms with Crippen LogP contribution in [0.5, 0.6) is 0 Å². The first-order valence-corrected chi connectivity index (χ1v) is 9.59. The highest BCUT2D eigenvalue weighted by atomic mass is 32.2. The molecular formula is C18H21F2N3O3S. The lowest BCUT2D eigenvalue weighted by Gasteiger charge is -2.16. The number of hydrogen-bond donors (Lipinski definition) is 2. The van der Waals surface area contributed by atoms with E-state index in [9.17, 15) is 22.0 Å². The summed E-state index contributed by atoms with van der Waals surface area (Å²) in [6.07, 6.45) is 0. The lowest BCUT2D eigenvalue weighted by Crippen LogP contribution is -2.30. The van der Waals surface area contributed by atoms with Gasteiger partial charge in [0.1, 0.15) is 5.69 Å². The van der Waals surface area contributed by atoms with Crippen molar-refractivity contribution in [2.75, 3.05) is 24.3 Å². The van der Waals surface area contributed by atoms with E-state index in [1.165, 1.54) is 43.3 Å². The molecule has 0 aromatic heterocycles. The van der Waals surface area contributed by atoms with Crippen LogP contribution in [0.1, 0.15) is 24.2 Å². The van der Waals surface area contributed by atoms with Crippen LogP contribution in [-0.2, 0) is 10.0 Å². The minimum absolute atomic E-state index is 0.0141. The number of nitrogens with zero attached hydrogens (tertiary/aromatic N) is 1. The van der Waals surface area contributed by atoms with Gasteiger partial charge in [-0.1, -0.05) is 0 Å². The molecule has 0 atom stereocenters. The van der Waals surface area contributed by atoms with Gasteiger partial charge in [-0.25, -0.2) is 21.9 Å². The summed E-state index contributed by atoms with van der Waals surface area (Å²) in [6.45, 7) is 3.39. The number of carbonyl (C=O) groups excluding carboxylic acids is 1. The van der Waals surface area contributed by atoms with Gasteiger partial charge in [0.05, 0.1) is 4.90 Å². The van der Waals surface area contributed by atoms with Crippen LogP contribution in [0.15, 0.2) is 41.3 Å². The van der Waals surface area contributed by atoms with Gasteiger partial charge in [0, 0.05) is 31.4 Å². The number of benzene rings is 2. The van der Waals surface area contributed by atoms with Crippen LogP contribution >= 0.6 is 0 Å². The second kappa shape index (κ2) is 8.01. The summed E-state index contributed by atoms with van der Waals surface area (Å²) in [6, 6.07) is 6.99. The number of amides is 1. The van der Waals surface area contributed by atoms with Crippen LogP contribution in [0.3, 0.4) is 0 Å². The molecule has 0 heterocycles. The third-order valence-electron chi connectivity index (χ3n) is 3.54. The highest BCUT2D eigenvalue weighted by Crippen LogP contribution is 2.26. The summed E-state index contributed by atoms with van der Waals surface area (Å²) >= 11 is 0. The van der Waals surface area contributed by atoms with Gasteiger partial charge in [-0.3, -0.25) is 4.79 Å². The van der Waals surface area contributed by atoms with Crippen molar-refractivity contribution in [3.63, 3.8) is 0 Å². The molecule has 27 heavy (non-hydrogen) atoms. The molecule has 0 aliphatic rings. The molecule has 146 valence electrons. The molecule has 1 amide bonds. The Hall–Kier alpha value is -2.52. The summed E-state index contributed by atoms with van der Waals surface area (Å²) in [5.74, 6) is -2.24. The molecule has 0 aliphatic carbocycles. The smallest absolute Gasteiger partial charge is 0.255 e. The fraction of sp³-hybridized carbons (Fsp3) is 0.278. The van der Waals surface area contributed by atoms with Crippen LogP contribution < -0.4 is 14.9 Å². The SMILES string of the molecule is CC(C)NS(=O)(=O)c1ccc(C(=O)Nc2cc(F)c(N(C)C)c(F)c2)cc1. The highest BCUT2D eigenvalue weighted by molar-refractivity contribution is 7.89. The largest absolute Gasteiger partial charge is 0.373 e. The van der Waals surface area contributed by atoms with Crippen LogP contribution in [0.2, 0.25) is 0 Å². The number of nitrogens with one attached hydrogen (secondary N) is 2. The van der Waals surface area contributed by atoms with E-state index in [1.54, 1.807) is 13.8 Å². The highest BCUT2D eigenvalue weighted by Gasteiger charge is 2.17. The molecule has 0 saturated heterocycles. The molecule has 0 spiro atoms. The van der Waals surface area contributed by atoms with Gasteiger partial charge in [0.25, 0.3) is 5.91 Å². The normalized spacial score (nSPS) is 11.5. The molecule has 2 aromatic carbocycles. The molecule has 2 aromatic rings. The van der Waals surface area contributed by atoms with Crippen LogP contribution in [0.25, 0.3) is 0 Å². The first kappa shape index (κ1) is 20.8. The maximum Gasteiger partial charge on any atom is 0.255 e. The number of anilines is 2. The van der Waals surface area contributed by atoms with Crippen molar-refractivity contribution < 1.29 is 22.0 Å². The Morgan fingerprint density at radius 3 is 2.00 bits per heavy atom. The summed E-state index contributed by atoms with van der Waals surface area (Å²) in [5, 5.41) is 2.39. The second-order valence-electron chi connectivity index (χ2n) is 6.44. The summed E-state index contributed by atoms with van der Waals surface area (Å²) < 4.78 is 54.6. The van der Waals surface area contributed by atoms with Gasteiger partial charge in [-0.05, 0) is 50.2 Å². The number of carbonyl (C=O) groups is 1. The third-order valence-corrected chi connectivity index (χ3v) is 5.21. The van der Waals surface area contributed by atoms with Gasteiger partial charge in [0.2, 0.25) is 10.0 Å². The minimum atomic E-state index is -3.67. The summed E-state index contributed by atoms with van der Waals surface area (Å²) in [7, 11) is -0.664. The molecule has 0 radical (unpaired) electrons. The van der Waals surface area contributed by atoms with Crippen molar-refractivity contribution in [3.8, 4) is 0 Å². The number of hydrogen-bond acceptors (Lipinski definition) is 4. The molecule has 0 fully saturated rings. The quantitative estimate of drug-likeness (QED) is 0.786. The van der Waals surface area contributed by atoms with E-state index in [0.717, 1.165) is 12.1 Å². The lowest BCUT2D eigenvalue weighted by atomic mass is 10.2. The van der Waals surface area contributed by atoms with Gasteiger partial charge in [-0.2, -0.15) is 0 Å². The Labute approximate surface area is 157 Å². The van der Waals surface area contributed by atoms with E-state index in [-0.39, 0.29) is 27.9 Å². The molecule has 6 nitrogen and oxygen atoms in total. The molecule has 0 unspecified atom stereocenters. The second-order valence-corrected chi connectivity index (χ2v) is 8.15. The van der Waals surface area contributed by atoms with Gasteiger partial charge >= 0.3 is 0 Å². The topological polar surface area (TPSA) is 78.5 Å². The lowest BCUT2D eigenvalue weighted by molar-refractivity contribution is 0.102. The fourth-order valence-electron chi connectivity index (χ4n) is 2.43. The summed E-state index contributed by atoms with van der Waals surface area (Å²) in [4.78, 5) is 13.6. The molecule has 0 bridgehead atoms. The van der Waals surface area contributed by atoms with Gasteiger partial charge in [0.15, 0.2) is 11.6 Å². The average Bonchev–Trinajstić information content (AvgIpc) is 2.52. The Balaban J connectivity index is 2.20. The van der Waals surface area contributed by atoms with Gasteiger partial charge in [-0.15, -0.1) is 0 Å². The fourth-order valence-corrected chi connectivity index (χ4v) is 3.68. The van der Waals surface area contributed by atoms with E-state index in [0.29, 0.717) is 0 Å². The Morgan fingerprint density at radius 1 is 1.04 bits per heavy atom. The average molecular weight is 397 g/mol. The standard InChI is InChI=1S/C18H21F2N3O3S/c1-11(2)22-27(25,26)14-7-5-12(6-8-14)18(24)21-13-9-15(19)17(23(3)4)16(20)10-13/h5-11,22H,1-4H3,(H,21,24). The van der Waals surface area contributed by atoms with E-state index in [2.05, 4.69) is 10.0 Å². The molecule has 2 N–H and O–H groups in total. The molecule has 2 rings (SSSR count). The monoisotopic (exact) mass is 397 g/mol.